The Morgan fingerprint density at radius 3 is 1.12 bits per heavy atom. The van der Waals surface area contributed by atoms with E-state index >= 15 is 0 Å². The normalized spacial score (nSPS) is 10.8. The number of benzene rings is 5. The first-order valence-corrected chi connectivity index (χ1v) is 20.5. The lowest BCUT2D eigenvalue weighted by Gasteiger charge is -2.11. The number of anilines is 2. The highest BCUT2D eigenvalue weighted by atomic mass is 32.1. The fraction of sp³-hybridized carbons (Fsp3) is 0.125. The van der Waals surface area contributed by atoms with Gasteiger partial charge in [-0.1, -0.05) is 121 Å². The van der Waals surface area contributed by atoms with Crippen LogP contribution in [0.15, 0.2) is 146 Å². The summed E-state index contributed by atoms with van der Waals surface area (Å²) in [7, 11) is 0. The summed E-state index contributed by atoms with van der Waals surface area (Å²) in [4.78, 5) is 56.5. The standard InChI is InChI=1S/C48H40N2O6S2/c1-3-55-47(53)39-37(29-31-17-9-5-10-18-31)41(33-21-13-7-14-22-33)57-45(39)49-43(51)35-25-27-36(28-26-35)44(52)50-46-40(48(54)56-4-2)38(30-32-19-11-6-12-20-32)42(58-46)34-23-15-8-16-24-34/h5-28H,3-4,29-30H2,1-2H3,(H,49,51)(H,50,52). The molecule has 0 spiro atoms. The summed E-state index contributed by atoms with van der Waals surface area (Å²) in [5, 5.41) is 6.70. The quantitative estimate of drug-likeness (QED) is 0.106. The first kappa shape index (κ1) is 39.6. The highest BCUT2D eigenvalue weighted by Gasteiger charge is 2.29. The van der Waals surface area contributed by atoms with E-state index in [0.717, 1.165) is 43.1 Å². The SMILES string of the molecule is CCOC(=O)c1c(NC(=O)c2ccc(C(=O)Nc3sc(-c4ccccc4)c(Cc4ccccc4)c3C(=O)OCC)cc2)sc(-c2ccccc2)c1Cc1ccccc1. The second kappa shape index (κ2) is 18.5. The highest BCUT2D eigenvalue weighted by molar-refractivity contribution is 7.20. The van der Waals surface area contributed by atoms with Gasteiger partial charge in [-0.25, -0.2) is 9.59 Å². The maximum Gasteiger partial charge on any atom is 0.341 e. The van der Waals surface area contributed by atoms with Gasteiger partial charge in [-0.05, 0) is 84.3 Å². The zero-order valence-corrected chi connectivity index (χ0v) is 33.6. The highest BCUT2D eigenvalue weighted by Crippen LogP contribution is 2.44. The van der Waals surface area contributed by atoms with Gasteiger partial charge < -0.3 is 20.1 Å². The number of thiophene rings is 2. The fourth-order valence-corrected chi connectivity index (χ4v) is 9.07. The Kier molecular flexibility index (Phi) is 12.7. The van der Waals surface area contributed by atoms with E-state index in [2.05, 4.69) is 10.6 Å². The molecule has 2 aromatic heterocycles. The summed E-state index contributed by atoms with van der Waals surface area (Å²) in [6.07, 6.45) is 0.913. The van der Waals surface area contributed by atoms with Crippen LogP contribution in [-0.4, -0.2) is 37.0 Å². The van der Waals surface area contributed by atoms with Crippen LogP contribution in [0.1, 0.15) is 77.5 Å². The molecule has 5 aromatic carbocycles. The minimum Gasteiger partial charge on any atom is -0.462 e. The van der Waals surface area contributed by atoms with Crippen molar-refractivity contribution in [2.75, 3.05) is 23.8 Å². The summed E-state index contributed by atoms with van der Waals surface area (Å²) in [5.41, 5.74) is 6.58. The predicted octanol–water partition coefficient (Wildman–Crippen LogP) is 11.2. The zero-order chi connectivity index (χ0) is 40.4. The van der Waals surface area contributed by atoms with Gasteiger partial charge in [0.1, 0.15) is 10.0 Å². The lowest BCUT2D eigenvalue weighted by molar-refractivity contribution is 0.0517. The van der Waals surface area contributed by atoms with E-state index in [4.69, 9.17) is 9.47 Å². The predicted molar refractivity (Wildman–Crippen MR) is 232 cm³/mol. The second-order valence-electron chi connectivity index (χ2n) is 13.2. The van der Waals surface area contributed by atoms with Gasteiger partial charge in [0.15, 0.2) is 0 Å². The molecule has 0 atom stereocenters. The Morgan fingerprint density at radius 2 is 0.793 bits per heavy atom. The van der Waals surface area contributed by atoms with Gasteiger partial charge in [-0.15, -0.1) is 22.7 Å². The van der Waals surface area contributed by atoms with Gasteiger partial charge in [-0.2, -0.15) is 0 Å². The summed E-state index contributed by atoms with van der Waals surface area (Å²) < 4.78 is 11.0. The molecule has 8 nitrogen and oxygen atoms in total. The molecule has 0 aliphatic rings. The van der Waals surface area contributed by atoms with Crippen molar-refractivity contribution in [2.24, 2.45) is 0 Å². The van der Waals surface area contributed by atoms with E-state index in [1.54, 1.807) is 38.1 Å². The minimum atomic E-state index is -0.521. The van der Waals surface area contributed by atoms with Gasteiger partial charge in [0, 0.05) is 20.9 Å². The van der Waals surface area contributed by atoms with Crippen molar-refractivity contribution < 1.29 is 28.7 Å². The minimum absolute atomic E-state index is 0.172. The van der Waals surface area contributed by atoms with Crippen LogP contribution in [0.3, 0.4) is 0 Å². The van der Waals surface area contributed by atoms with Gasteiger partial charge in [0.05, 0.1) is 24.3 Å². The van der Waals surface area contributed by atoms with Crippen molar-refractivity contribution in [2.45, 2.75) is 26.7 Å². The number of ether oxygens (including phenoxy) is 2. The van der Waals surface area contributed by atoms with E-state index in [1.807, 2.05) is 121 Å². The molecule has 0 fully saturated rings. The van der Waals surface area contributed by atoms with E-state index in [0.29, 0.717) is 34.0 Å². The van der Waals surface area contributed by atoms with Gasteiger partial charge in [0.2, 0.25) is 0 Å². The Hall–Kier alpha value is -6.62. The molecule has 290 valence electrons. The Bertz CT molecular complexity index is 2350. The molecule has 0 radical (unpaired) electrons. The number of carbonyl (C=O) groups is 4. The lowest BCUT2D eigenvalue weighted by atomic mass is 9.98. The van der Waals surface area contributed by atoms with Crippen LogP contribution in [0.25, 0.3) is 20.9 Å². The lowest BCUT2D eigenvalue weighted by Crippen LogP contribution is -2.17. The zero-order valence-electron chi connectivity index (χ0n) is 32.0. The average molecular weight is 805 g/mol. The maximum absolute atomic E-state index is 13.8. The van der Waals surface area contributed by atoms with E-state index < -0.39 is 23.8 Å². The summed E-state index contributed by atoms with van der Waals surface area (Å²) in [5.74, 6) is -1.95. The largest absolute Gasteiger partial charge is 0.462 e. The molecule has 2 N–H and O–H groups in total. The van der Waals surface area contributed by atoms with Crippen LogP contribution in [0, 0.1) is 0 Å². The Labute approximate surface area is 345 Å². The fourth-order valence-electron chi connectivity index (χ4n) is 6.65. The topological polar surface area (TPSA) is 111 Å². The van der Waals surface area contributed by atoms with E-state index in [9.17, 15) is 19.2 Å². The molecule has 7 aromatic rings. The van der Waals surface area contributed by atoms with Gasteiger partial charge in [-0.3, -0.25) is 9.59 Å². The smallest absolute Gasteiger partial charge is 0.341 e. The number of hydrogen-bond acceptors (Lipinski definition) is 8. The number of rotatable bonds is 14. The number of esters is 2. The summed E-state index contributed by atoms with van der Waals surface area (Å²) in [6, 6.07) is 45.4. The third-order valence-corrected chi connectivity index (χ3v) is 11.7. The molecular formula is C48H40N2O6S2. The molecule has 0 aliphatic heterocycles. The van der Waals surface area contributed by atoms with Gasteiger partial charge in [0.25, 0.3) is 11.8 Å². The van der Waals surface area contributed by atoms with Crippen molar-refractivity contribution in [3.63, 3.8) is 0 Å². The number of nitrogens with one attached hydrogen (secondary N) is 2. The molecule has 0 saturated carbocycles. The Balaban J connectivity index is 1.18. The van der Waals surface area contributed by atoms with Crippen molar-refractivity contribution in [1.29, 1.82) is 0 Å². The molecule has 0 aliphatic carbocycles. The monoisotopic (exact) mass is 804 g/mol. The van der Waals surface area contributed by atoms with Crippen LogP contribution < -0.4 is 10.6 Å². The summed E-state index contributed by atoms with van der Waals surface area (Å²) in [6.45, 7) is 3.84. The Morgan fingerprint density at radius 1 is 0.466 bits per heavy atom. The van der Waals surface area contributed by atoms with Crippen molar-refractivity contribution >= 4 is 56.4 Å². The third kappa shape index (κ3) is 8.99. The summed E-state index contributed by atoms with van der Waals surface area (Å²) >= 11 is 2.64. The average Bonchev–Trinajstić information content (AvgIpc) is 3.79. The molecule has 58 heavy (non-hydrogen) atoms. The van der Waals surface area contributed by atoms with Crippen molar-refractivity contribution in [1.82, 2.24) is 0 Å². The van der Waals surface area contributed by atoms with Crippen LogP contribution in [-0.2, 0) is 22.3 Å². The van der Waals surface area contributed by atoms with Crippen LogP contribution in [0.2, 0.25) is 0 Å². The molecule has 0 bridgehead atoms. The maximum atomic E-state index is 13.8. The molecular weight excluding hydrogens is 765 g/mol. The first-order chi connectivity index (χ1) is 28.3. The molecule has 2 amide bonds. The first-order valence-electron chi connectivity index (χ1n) is 18.9. The second-order valence-corrected chi connectivity index (χ2v) is 15.3. The van der Waals surface area contributed by atoms with Crippen molar-refractivity contribution in [3.05, 3.63) is 190 Å². The van der Waals surface area contributed by atoms with Crippen LogP contribution in [0.4, 0.5) is 10.0 Å². The van der Waals surface area contributed by atoms with Gasteiger partial charge >= 0.3 is 11.9 Å². The molecule has 2 heterocycles. The van der Waals surface area contributed by atoms with E-state index in [-0.39, 0.29) is 24.3 Å². The molecule has 0 saturated heterocycles. The van der Waals surface area contributed by atoms with Crippen LogP contribution in [0.5, 0.6) is 0 Å². The molecule has 7 rings (SSSR count). The third-order valence-electron chi connectivity index (χ3n) is 9.36. The van der Waals surface area contributed by atoms with E-state index in [1.165, 1.54) is 22.7 Å². The van der Waals surface area contributed by atoms with Crippen LogP contribution >= 0.6 is 22.7 Å². The molecule has 0 unspecified atom stereocenters. The molecule has 10 heteroatoms. The van der Waals surface area contributed by atoms with Crippen molar-refractivity contribution in [3.8, 4) is 20.9 Å². The number of carbonyl (C=O) groups excluding carboxylic acids is 4. The number of amides is 2. The number of hydrogen-bond donors (Lipinski definition) is 2.